The highest BCUT2D eigenvalue weighted by atomic mass is 16.5. The SMILES string of the molecule is O=C(NC1CCOC1)N(CC1CCNCC1)C1CC1. The second kappa shape index (κ2) is 6.09. The van der Waals surface area contributed by atoms with Gasteiger partial charge < -0.3 is 20.3 Å². The zero-order valence-corrected chi connectivity index (χ0v) is 11.6. The van der Waals surface area contributed by atoms with E-state index in [1.807, 2.05) is 0 Å². The molecule has 3 aliphatic rings. The molecular weight excluding hydrogens is 242 g/mol. The Balaban J connectivity index is 1.52. The summed E-state index contributed by atoms with van der Waals surface area (Å²) in [6.07, 6.45) is 5.71. The third kappa shape index (κ3) is 3.60. The number of hydrogen-bond donors (Lipinski definition) is 2. The Bertz CT molecular complexity index is 308. The highest BCUT2D eigenvalue weighted by Crippen LogP contribution is 2.29. The molecule has 3 rings (SSSR count). The van der Waals surface area contributed by atoms with Gasteiger partial charge in [-0.15, -0.1) is 0 Å². The van der Waals surface area contributed by atoms with Gasteiger partial charge in [-0.2, -0.15) is 0 Å². The van der Waals surface area contributed by atoms with Crippen molar-refractivity contribution >= 4 is 6.03 Å². The first-order chi connectivity index (χ1) is 9.33. The van der Waals surface area contributed by atoms with Gasteiger partial charge in [-0.3, -0.25) is 0 Å². The quantitative estimate of drug-likeness (QED) is 0.797. The molecule has 2 heterocycles. The number of hydrogen-bond acceptors (Lipinski definition) is 3. The summed E-state index contributed by atoms with van der Waals surface area (Å²) in [7, 11) is 0. The van der Waals surface area contributed by atoms with Crippen LogP contribution in [0.5, 0.6) is 0 Å². The summed E-state index contributed by atoms with van der Waals surface area (Å²) in [5, 5.41) is 6.52. The molecule has 0 bridgehead atoms. The molecule has 19 heavy (non-hydrogen) atoms. The first kappa shape index (κ1) is 13.2. The summed E-state index contributed by atoms with van der Waals surface area (Å²) >= 11 is 0. The van der Waals surface area contributed by atoms with E-state index in [1.54, 1.807) is 0 Å². The molecule has 5 heteroatoms. The van der Waals surface area contributed by atoms with Crippen LogP contribution in [0.4, 0.5) is 4.79 Å². The Morgan fingerprint density at radius 3 is 2.63 bits per heavy atom. The van der Waals surface area contributed by atoms with Gasteiger partial charge in [0.25, 0.3) is 0 Å². The lowest BCUT2D eigenvalue weighted by Crippen LogP contribution is -2.48. The van der Waals surface area contributed by atoms with E-state index in [-0.39, 0.29) is 12.1 Å². The van der Waals surface area contributed by atoms with Gasteiger partial charge in [-0.05, 0) is 51.1 Å². The normalized spacial score (nSPS) is 28.3. The van der Waals surface area contributed by atoms with E-state index < -0.39 is 0 Å². The lowest BCUT2D eigenvalue weighted by Gasteiger charge is -2.31. The van der Waals surface area contributed by atoms with Gasteiger partial charge >= 0.3 is 6.03 Å². The van der Waals surface area contributed by atoms with Gasteiger partial charge in [0, 0.05) is 19.2 Å². The van der Waals surface area contributed by atoms with Crippen molar-refractivity contribution in [1.29, 1.82) is 0 Å². The molecular formula is C14H25N3O2. The first-order valence-electron chi connectivity index (χ1n) is 7.68. The van der Waals surface area contributed by atoms with Crippen molar-refractivity contribution < 1.29 is 9.53 Å². The topological polar surface area (TPSA) is 53.6 Å². The highest BCUT2D eigenvalue weighted by Gasteiger charge is 2.35. The summed E-state index contributed by atoms with van der Waals surface area (Å²) in [5.74, 6) is 0.674. The third-order valence-corrected chi connectivity index (χ3v) is 4.42. The summed E-state index contributed by atoms with van der Waals surface area (Å²) in [5.41, 5.74) is 0. The maximum atomic E-state index is 12.4. The van der Waals surface area contributed by atoms with Crippen LogP contribution in [-0.4, -0.2) is 55.9 Å². The molecule has 0 aromatic heterocycles. The first-order valence-corrected chi connectivity index (χ1v) is 7.68. The minimum absolute atomic E-state index is 0.136. The zero-order valence-electron chi connectivity index (χ0n) is 11.6. The predicted molar refractivity (Wildman–Crippen MR) is 73.1 cm³/mol. The average Bonchev–Trinajstić information content (AvgIpc) is 3.15. The van der Waals surface area contributed by atoms with Crippen LogP contribution in [-0.2, 0) is 4.74 Å². The van der Waals surface area contributed by atoms with Crippen molar-refractivity contribution in [3.05, 3.63) is 0 Å². The van der Waals surface area contributed by atoms with Crippen molar-refractivity contribution in [3.8, 4) is 0 Å². The Hall–Kier alpha value is -0.810. The Morgan fingerprint density at radius 2 is 2.00 bits per heavy atom. The smallest absolute Gasteiger partial charge is 0.317 e. The van der Waals surface area contributed by atoms with Crippen molar-refractivity contribution in [3.63, 3.8) is 0 Å². The largest absolute Gasteiger partial charge is 0.379 e. The minimum atomic E-state index is 0.136. The monoisotopic (exact) mass is 267 g/mol. The second-order valence-electron chi connectivity index (χ2n) is 6.09. The summed E-state index contributed by atoms with van der Waals surface area (Å²) in [6.45, 7) is 4.59. The molecule has 2 aliphatic heterocycles. The molecule has 1 aliphatic carbocycles. The second-order valence-corrected chi connectivity index (χ2v) is 6.09. The van der Waals surface area contributed by atoms with E-state index in [0.717, 1.165) is 32.7 Å². The molecule has 108 valence electrons. The highest BCUT2D eigenvalue weighted by molar-refractivity contribution is 5.75. The number of piperidine rings is 1. The standard InChI is InChI=1S/C14H25N3O2/c18-14(16-12-5-8-19-10-12)17(13-1-2-13)9-11-3-6-15-7-4-11/h11-13,15H,1-10H2,(H,16,18). The third-order valence-electron chi connectivity index (χ3n) is 4.42. The molecule has 1 saturated carbocycles. The van der Waals surface area contributed by atoms with E-state index in [0.29, 0.717) is 18.6 Å². The Labute approximate surface area is 115 Å². The maximum absolute atomic E-state index is 12.4. The lowest BCUT2D eigenvalue weighted by molar-refractivity contribution is 0.165. The van der Waals surface area contributed by atoms with Crippen molar-refractivity contribution in [2.75, 3.05) is 32.8 Å². The molecule has 0 aromatic carbocycles. The lowest BCUT2D eigenvalue weighted by atomic mass is 9.97. The Kier molecular flexibility index (Phi) is 4.23. The van der Waals surface area contributed by atoms with Gasteiger partial charge in [0.05, 0.1) is 12.6 Å². The van der Waals surface area contributed by atoms with Gasteiger partial charge in [-0.1, -0.05) is 0 Å². The molecule has 0 radical (unpaired) electrons. The van der Waals surface area contributed by atoms with Crippen LogP contribution in [0.25, 0.3) is 0 Å². The minimum Gasteiger partial charge on any atom is -0.379 e. The van der Waals surface area contributed by atoms with E-state index in [9.17, 15) is 4.79 Å². The number of urea groups is 1. The molecule has 2 amide bonds. The van der Waals surface area contributed by atoms with Gasteiger partial charge in [0.15, 0.2) is 0 Å². The summed E-state index contributed by atoms with van der Waals surface area (Å²) in [6, 6.07) is 0.857. The molecule has 1 unspecified atom stereocenters. The van der Waals surface area contributed by atoms with Crippen molar-refractivity contribution in [1.82, 2.24) is 15.5 Å². The summed E-state index contributed by atoms with van der Waals surface area (Å²) < 4.78 is 5.32. The van der Waals surface area contributed by atoms with E-state index >= 15 is 0 Å². The zero-order chi connectivity index (χ0) is 13.1. The fourth-order valence-corrected chi connectivity index (χ4v) is 3.03. The number of carbonyl (C=O) groups is 1. The number of ether oxygens (including phenoxy) is 1. The number of carbonyl (C=O) groups excluding carboxylic acids is 1. The van der Waals surface area contributed by atoms with E-state index in [4.69, 9.17) is 4.74 Å². The van der Waals surface area contributed by atoms with Crippen LogP contribution in [0.3, 0.4) is 0 Å². The predicted octanol–water partition coefficient (Wildman–Crippen LogP) is 0.949. The van der Waals surface area contributed by atoms with Crippen LogP contribution in [0.2, 0.25) is 0 Å². The van der Waals surface area contributed by atoms with Crippen LogP contribution >= 0.6 is 0 Å². The number of amides is 2. The summed E-state index contributed by atoms with van der Waals surface area (Å²) in [4.78, 5) is 14.5. The van der Waals surface area contributed by atoms with Crippen LogP contribution < -0.4 is 10.6 Å². The molecule has 5 nitrogen and oxygen atoms in total. The van der Waals surface area contributed by atoms with Gasteiger partial charge in [0.1, 0.15) is 0 Å². The number of nitrogens with zero attached hydrogens (tertiary/aromatic N) is 1. The van der Waals surface area contributed by atoms with Crippen LogP contribution in [0.1, 0.15) is 32.1 Å². The fraction of sp³-hybridized carbons (Fsp3) is 0.929. The Morgan fingerprint density at radius 1 is 1.21 bits per heavy atom. The van der Waals surface area contributed by atoms with Crippen LogP contribution in [0, 0.1) is 5.92 Å². The molecule has 0 aromatic rings. The van der Waals surface area contributed by atoms with Gasteiger partial charge in [0.2, 0.25) is 0 Å². The number of nitrogens with one attached hydrogen (secondary N) is 2. The number of rotatable bonds is 4. The fourth-order valence-electron chi connectivity index (χ4n) is 3.03. The molecule has 3 fully saturated rings. The molecule has 1 atom stereocenters. The maximum Gasteiger partial charge on any atom is 0.317 e. The molecule has 2 N–H and O–H groups in total. The van der Waals surface area contributed by atoms with Crippen LogP contribution in [0.15, 0.2) is 0 Å². The average molecular weight is 267 g/mol. The van der Waals surface area contributed by atoms with E-state index in [2.05, 4.69) is 15.5 Å². The molecule has 0 spiro atoms. The van der Waals surface area contributed by atoms with E-state index in [1.165, 1.54) is 25.7 Å². The van der Waals surface area contributed by atoms with Crippen molar-refractivity contribution in [2.24, 2.45) is 5.92 Å². The van der Waals surface area contributed by atoms with Gasteiger partial charge in [-0.25, -0.2) is 4.79 Å². The van der Waals surface area contributed by atoms with Crippen molar-refractivity contribution in [2.45, 2.75) is 44.2 Å². The molecule has 2 saturated heterocycles.